The Balaban J connectivity index is 0.000000388. The highest BCUT2D eigenvalue weighted by molar-refractivity contribution is 6.29. The van der Waals surface area contributed by atoms with Gasteiger partial charge < -0.3 is 10.6 Å². The number of hydrogen-bond donors (Lipinski definition) is 2. The molecule has 0 spiro atoms. The quantitative estimate of drug-likeness (QED) is 0.471. The van der Waals surface area contributed by atoms with Gasteiger partial charge in [-0.1, -0.05) is 36.2 Å². The van der Waals surface area contributed by atoms with Crippen LogP contribution >= 0.6 is 23.2 Å². The average Bonchev–Trinajstić information content (AvgIpc) is 2.38. The van der Waals surface area contributed by atoms with Gasteiger partial charge in [-0.05, 0) is 45.0 Å². The number of nitrogens with zero attached hydrogens (tertiary/aromatic N) is 1. The number of alkyl halides is 1. The van der Waals surface area contributed by atoms with Crippen LogP contribution in [0.2, 0.25) is 0 Å². The number of hydrogen-bond acceptors (Lipinski definition) is 3. The van der Waals surface area contributed by atoms with Crippen LogP contribution in [-0.2, 0) is 0 Å². The highest BCUT2D eigenvalue weighted by Gasteiger charge is 1.95. The fourth-order valence-corrected chi connectivity index (χ4v) is 1.55. The fourth-order valence-electron chi connectivity index (χ4n) is 1.27. The molecule has 1 aliphatic heterocycles. The lowest BCUT2D eigenvalue weighted by atomic mass is 10.1. The van der Waals surface area contributed by atoms with E-state index in [1.54, 1.807) is 18.5 Å². The van der Waals surface area contributed by atoms with E-state index in [0.29, 0.717) is 6.04 Å². The molecule has 5 heteroatoms. The van der Waals surface area contributed by atoms with Crippen molar-refractivity contribution in [2.45, 2.75) is 38.9 Å². The van der Waals surface area contributed by atoms with Crippen molar-refractivity contribution in [1.29, 1.82) is 0 Å². The molecule has 0 amide bonds. The number of nitrogens with one attached hydrogen (secondary N) is 2. The molecule has 0 aliphatic carbocycles. The lowest BCUT2D eigenvalue weighted by Gasteiger charge is -2.05. The van der Waals surface area contributed by atoms with Crippen molar-refractivity contribution in [3.05, 3.63) is 35.0 Å². The number of aliphatic imine (C=N–C) groups is 1. The van der Waals surface area contributed by atoms with Crippen LogP contribution in [0, 0.1) is 0 Å². The predicted octanol–water partition coefficient (Wildman–Crippen LogP) is 3.77. The third kappa shape index (κ3) is 10.8. The molecule has 1 rings (SSSR count). The number of halogens is 2. The van der Waals surface area contributed by atoms with E-state index in [4.69, 9.17) is 23.2 Å². The van der Waals surface area contributed by atoms with Crippen LogP contribution < -0.4 is 10.6 Å². The van der Waals surface area contributed by atoms with Crippen molar-refractivity contribution in [2.75, 3.05) is 7.05 Å². The lowest BCUT2D eigenvalue weighted by molar-refractivity contribution is 0.723. The van der Waals surface area contributed by atoms with Gasteiger partial charge >= 0.3 is 0 Å². The molecule has 2 N–H and O–H groups in total. The maximum atomic E-state index is 5.78. The van der Waals surface area contributed by atoms with Crippen LogP contribution in [0.25, 0.3) is 0 Å². The molecule has 0 bridgehead atoms. The minimum Gasteiger partial charge on any atom is -0.357 e. The van der Waals surface area contributed by atoms with E-state index in [0.717, 1.165) is 11.5 Å². The minimum absolute atomic E-state index is 0.259. The highest BCUT2D eigenvalue weighted by Crippen LogP contribution is 2.10. The average molecular weight is 304 g/mol. The first kappa shape index (κ1) is 18.2. The SMILES string of the molecule is CCC(=C/C(C)NC)/C=C(\C)Cl.ClC1N=CC=CN1. The van der Waals surface area contributed by atoms with E-state index in [-0.39, 0.29) is 5.62 Å². The summed E-state index contributed by atoms with van der Waals surface area (Å²) in [4.78, 5) is 3.77. The van der Waals surface area contributed by atoms with Crippen LogP contribution in [0.4, 0.5) is 0 Å². The van der Waals surface area contributed by atoms with Crippen molar-refractivity contribution in [3.63, 3.8) is 0 Å². The Morgan fingerprint density at radius 1 is 1.58 bits per heavy atom. The summed E-state index contributed by atoms with van der Waals surface area (Å²) in [6.45, 7) is 6.15. The van der Waals surface area contributed by atoms with Gasteiger partial charge in [0.25, 0.3) is 0 Å². The van der Waals surface area contributed by atoms with Crippen LogP contribution in [-0.4, -0.2) is 24.9 Å². The van der Waals surface area contributed by atoms with E-state index < -0.39 is 0 Å². The fraction of sp³-hybridized carbons (Fsp3) is 0.500. The molecule has 0 saturated heterocycles. The maximum absolute atomic E-state index is 5.78. The summed E-state index contributed by atoms with van der Waals surface area (Å²) in [6.07, 6.45) is 10.4. The molecule has 0 aromatic carbocycles. The first-order chi connectivity index (χ1) is 8.99. The van der Waals surface area contributed by atoms with E-state index in [2.05, 4.69) is 35.5 Å². The second-order valence-electron chi connectivity index (χ2n) is 4.06. The molecular weight excluding hydrogens is 281 g/mol. The smallest absolute Gasteiger partial charge is 0.194 e. The first-order valence-electron chi connectivity index (χ1n) is 6.29. The molecule has 3 nitrogen and oxygen atoms in total. The topological polar surface area (TPSA) is 36.4 Å². The zero-order valence-corrected chi connectivity index (χ0v) is 13.5. The second kappa shape index (κ2) is 11.1. The molecule has 1 aliphatic rings. The third-order valence-corrected chi connectivity index (χ3v) is 2.69. The Morgan fingerprint density at radius 3 is 2.58 bits per heavy atom. The first-order valence-corrected chi connectivity index (χ1v) is 7.11. The largest absolute Gasteiger partial charge is 0.357 e. The van der Waals surface area contributed by atoms with E-state index >= 15 is 0 Å². The van der Waals surface area contributed by atoms with Crippen molar-refractivity contribution < 1.29 is 0 Å². The molecule has 1 heterocycles. The zero-order chi connectivity index (χ0) is 14.7. The van der Waals surface area contributed by atoms with Gasteiger partial charge in [0.15, 0.2) is 5.62 Å². The Bertz CT molecular complexity index is 356. The van der Waals surface area contributed by atoms with Crippen LogP contribution in [0.3, 0.4) is 0 Å². The maximum Gasteiger partial charge on any atom is 0.194 e. The van der Waals surface area contributed by atoms with Crippen LogP contribution in [0.5, 0.6) is 0 Å². The summed E-state index contributed by atoms with van der Waals surface area (Å²) in [7, 11) is 1.95. The monoisotopic (exact) mass is 303 g/mol. The minimum atomic E-state index is -0.259. The van der Waals surface area contributed by atoms with Gasteiger partial charge in [-0.15, -0.1) is 0 Å². The zero-order valence-electron chi connectivity index (χ0n) is 12.0. The molecule has 2 atom stereocenters. The van der Waals surface area contributed by atoms with Gasteiger partial charge in [-0.2, -0.15) is 0 Å². The second-order valence-corrected chi connectivity index (χ2v) is 5.07. The summed E-state index contributed by atoms with van der Waals surface area (Å²) >= 11 is 11.2. The Hall–Kier alpha value is -0.770. The molecule has 0 aromatic heterocycles. The molecule has 0 saturated carbocycles. The van der Waals surface area contributed by atoms with Crippen molar-refractivity contribution in [1.82, 2.24) is 10.6 Å². The Kier molecular flexibility index (Phi) is 10.6. The Morgan fingerprint density at radius 2 is 2.26 bits per heavy atom. The van der Waals surface area contributed by atoms with Gasteiger partial charge in [0.1, 0.15) is 0 Å². The molecule has 2 unspecified atom stereocenters. The van der Waals surface area contributed by atoms with Gasteiger partial charge in [-0.3, -0.25) is 4.99 Å². The van der Waals surface area contributed by atoms with Crippen LogP contribution in [0.1, 0.15) is 27.2 Å². The normalized spacial score (nSPS) is 20.4. The van der Waals surface area contributed by atoms with Crippen molar-refractivity contribution in [2.24, 2.45) is 4.99 Å². The molecule has 0 aromatic rings. The van der Waals surface area contributed by atoms with Gasteiger partial charge in [0, 0.05) is 23.5 Å². The van der Waals surface area contributed by atoms with Crippen LogP contribution in [0.15, 0.2) is 40.0 Å². The standard InChI is InChI=1S/C10H18ClN.C4H5ClN2/c1-5-10(6-8(2)11)7-9(3)12-4;5-4-6-2-1-3-7-4/h6-7,9,12H,5H2,1-4H3;1-4,6H/b8-6+,10-7-;. The van der Waals surface area contributed by atoms with Crippen molar-refractivity contribution >= 4 is 29.4 Å². The summed E-state index contributed by atoms with van der Waals surface area (Å²) < 4.78 is 0. The molecule has 0 radical (unpaired) electrons. The van der Waals surface area contributed by atoms with E-state index in [9.17, 15) is 0 Å². The molecule has 108 valence electrons. The lowest BCUT2D eigenvalue weighted by Crippen LogP contribution is -2.18. The van der Waals surface area contributed by atoms with Crippen molar-refractivity contribution in [3.8, 4) is 0 Å². The summed E-state index contributed by atoms with van der Waals surface area (Å²) in [5, 5.41) is 6.76. The van der Waals surface area contributed by atoms with Gasteiger partial charge in [0.05, 0.1) is 0 Å². The summed E-state index contributed by atoms with van der Waals surface area (Å²) in [5.41, 5.74) is 1.02. The molecule has 0 fully saturated rings. The van der Waals surface area contributed by atoms with E-state index in [1.165, 1.54) is 5.57 Å². The number of likely N-dealkylation sites (N-methyl/N-ethyl adjacent to an activating group) is 1. The Labute approximate surface area is 126 Å². The van der Waals surface area contributed by atoms with Gasteiger partial charge in [0.2, 0.25) is 0 Å². The van der Waals surface area contributed by atoms with E-state index in [1.807, 2.05) is 20.0 Å². The third-order valence-electron chi connectivity index (χ3n) is 2.34. The molecule has 19 heavy (non-hydrogen) atoms. The number of rotatable bonds is 4. The predicted molar refractivity (Wildman–Crippen MR) is 86.9 cm³/mol. The van der Waals surface area contributed by atoms with Gasteiger partial charge in [-0.25, -0.2) is 0 Å². The highest BCUT2D eigenvalue weighted by atomic mass is 35.5. The summed E-state index contributed by atoms with van der Waals surface area (Å²) in [6, 6.07) is 0.409. The number of allylic oxidation sites excluding steroid dienone is 4. The molecular formula is C14H23Cl2N3. The summed E-state index contributed by atoms with van der Waals surface area (Å²) in [5.74, 6) is 0.